The first kappa shape index (κ1) is 15.2. The fourth-order valence-electron chi connectivity index (χ4n) is 2.66. The zero-order valence-corrected chi connectivity index (χ0v) is 14.6. The molecule has 1 unspecified atom stereocenters. The summed E-state index contributed by atoms with van der Waals surface area (Å²) in [5, 5.41) is 2.47. The van der Waals surface area contributed by atoms with E-state index in [-0.39, 0.29) is 11.7 Å². The molecule has 3 rings (SSSR count). The summed E-state index contributed by atoms with van der Waals surface area (Å²) in [6.07, 6.45) is 0.541. The molecule has 0 N–H and O–H groups in total. The molecule has 0 heterocycles. The van der Waals surface area contributed by atoms with E-state index in [0.717, 1.165) is 9.13 Å². The molecule has 0 saturated heterocycles. The van der Waals surface area contributed by atoms with E-state index in [4.69, 9.17) is 0 Å². The largest absolute Gasteiger partial charge is 0.294 e. The van der Waals surface area contributed by atoms with Crippen LogP contribution in [0.15, 0.2) is 66.7 Å². The van der Waals surface area contributed by atoms with Crippen molar-refractivity contribution >= 4 is 39.1 Å². The van der Waals surface area contributed by atoms with Crippen LogP contribution >= 0.6 is 22.6 Å². The number of halogens is 1. The van der Waals surface area contributed by atoms with Crippen LogP contribution in [0.5, 0.6) is 0 Å². The SMILES string of the molecule is CC(CC(=O)c1ccc(I)cc1)c1ccc2ccccc2c1. The molecule has 0 radical (unpaired) electrons. The Bertz CT molecular complexity index is 805. The van der Waals surface area contributed by atoms with Gasteiger partial charge in [0.25, 0.3) is 0 Å². The lowest BCUT2D eigenvalue weighted by atomic mass is 9.92. The molecule has 2 heteroatoms. The van der Waals surface area contributed by atoms with Crippen LogP contribution in [0.25, 0.3) is 10.8 Å². The van der Waals surface area contributed by atoms with Crippen molar-refractivity contribution in [2.75, 3.05) is 0 Å². The Morgan fingerprint density at radius 3 is 2.36 bits per heavy atom. The Balaban J connectivity index is 1.79. The number of Topliss-reactive ketones (excluding diaryl/α,β-unsaturated/α-hetero) is 1. The molecule has 3 aromatic carbocycles. The summed E-state index contributed by atoms with van der Waals surface area (Å²) in [5.74, 6) is 0.424. The normalized spacial score (nSPS) is 12.3. The van der Waals surface area contributed by atoms with Gasteiger partial charge in [0.05, 0.1) is 0 Å². The quantitative estimate of drug-likeness (QED) is 0.398. The molecule has 3 aromatic rings. The predicted octanol–water partition coefficient (Wildman–Crippen LogP) is 5.82. The van der Waals surface area contributed by atoms with Gasteiger partial charge in [-0.2, -0.15) is 0 Å². The molecule has 1 nitrogen and oxygen atoms in total. The van der Waals surface area contributed by atoms with Crippen molar-refractivity contribution in [3.63, 3.8) is 0 Å². The van der Waals surface area contributed by atoms with E-state index >= 15 is 0 Å². The smallest absolute Gasteiger partial charge is 0.163 e. The number of hydrogen-bond acceptors (Lipinski definition) is 1. The predicted molar refractivity (Wildman–Crippen MR) is 100 cm³/mol. The molecule has 110 valence electrons. The third kappa shape index (κ3) is 3.38. The minimum atomic E-state index is 0.206. The van der Waals surface area contributed by atoms with Gasteiger partial charge in [-0.25, -0.2) is 0 Å². The minimum Gasteiger partial charge on any atom is -0.294 e. The molecule has 0 saturated carbocycles. The van der Waals surface area contributed by atoms with E-state index in [0.29, 0.717) is 6.42 Å². The molecular weight excluding hydrogens is 383 g/mol. The van der Waals surface area contributed by atoms with Gasteiger partial charge in [-0.3, -0.25) is 4.79 Å². The summed E-state index contributed by atoms with van der Waals surface area (Å²) in [4.78, 5) is 12.4. The number of carbonyl (C=O) groups excluding carboxylic acids is 1. The lowest BCUT2D eigenvalue weighted by Gasteiger charge is -2.12. The molecule has 0 aliphatic rings. The van der Waals surface area contributed by atoms with Crippen molar-refractivity contribution in [2.45, 2.75) is 19.3 Å². The van der Waals surface area contributed by atoms with E-state index in [1.165, 1.54) is 16.3 Å². The molecule has 0 aliphatic heterocycles. The van der Waals surface area contributed by atoms with Gasteiger partial charge in [-0.1, -0.05) is 61.5 Å². The maximum Gasteiger partial charge on any atom is 0.163 e. The van der Waals surface area contributed by atoms with E-state index in [1.807, 2.05) is 36.4 Å². The molecule has 0 aromatic heterocycles. The van der Waals surface area contributed by atoms with E-state index in [9.17, 15) is 4.79 Å². The van der Waals surface area contributed by atoms with Crippen molar-refractivity contribution < 1.29 is 4.79 Å². The van der Waals surface area contributed by atoms with Crippen molar-refractivity contribution in [1.82, 2.24) is 0 Å². The Morgan fingerprint density at radius 2 is 1.64 bits per heavy atom. The number of rotatable bonds is 4. The Morgan fingerprint density at radius 1 is 0.955 bits per heavy atom. The molecule has 0 amide bonds. The number of ketones is 1. The van der Waals surface area contributed by atoms with Crippen molar-refractivity contribution in [3.8, 4) is 0 Å². The number of hydrogen-bond donors (Lipinski definition) is 0. The summed E-state index contributed by atoms with van der Waals surface area (Å²) in [6, 6.07) is 22.6. The van der Waals surface area contributed by atoms with Gasteiger partial charge in [0.15, 0.2) is 5.78 Å². The van der Waals surface area contributed by atoms with E-state index < -0.39 is 0 Å². The lowest BCUT2D eigenvalue weighted by Crippen LogP contribution is -2.05. The van der Waals surface area contributed by atoms with Crippen LogP contribution in [0.2, 0.25) is 0 Å². The highest BCUT2D eigenvalue weighted by molar-refractivity contribution is 14.1. The highest BCUT2D eigenvalue weighted by Gasteiger charge is 2.13. The van der Waals surface area contributed by atoms with Crippen LogP contribution < -0.4 is 0 Å². The lowest BCUT2D eigenvalue weighted by molar-refractivity contribution is 0.0975. The zero-order chi connectivity index (χ0) is 15.5. The van der Waals surface area contributed by atoms with Crippen LogP contribution in [0.4, 0.5) is 0 Å². The van der Waals surface area contributed by atoms with Crippen molar-refractivity contribution in [3.05, 3.63) is 81.4 Å². The maximum absolute atomic E-state index is 12.4. The van der Waals surface area contributed by atoms with Gasteiger partial charge < -0.3 is 0 Å². The Hall–Kier alpha value is -1.68. The summed E-state index contributed by atoms with van der Waals surface area (Å²) >= 11 is 2.25. The van der Waals surface area contributed by atoms with Gasteiger partial charge in [0, 0.05) is 15.6 Å². The first-order valence-electron chi connectivity index (χ1n) is 7.41. The third-order valence-electron chi connectivity index (χ3n) is 4.00. The van der Waals surface area contributed by atoms with E-state index in [1.54, 1.807) is 0 Å². The zero-order valence-electron chi connectivity index (χ0n) is 12.4. The highest BCUT2D eigenvalue weighted by Crippen LogP contribution is 2.25. The van der Waals surface area contributed by atoms with Crippen LogP contribution in [-0.2, 0) is 0 Å². The van der Waals surface area contributed by atoms with Crippen molar-refractivity contribution in [1.29, 1.82) is 0 Å². The summed E-state index contributed by atoms with van der Waals surface area (Å²) < 4.78 is 1.15. The standard InChI is InChI=1S/C20H17IO/c1-14(12-20(22)16-8-10-19(21)11-9-16)17-7-6-15-4-2-3-5-18(15)13-17/h2-11,13-14H,12H2,1H3. The molecule has 0 aliphatic carbocycles. The summed E-state index contributed by atoms with van der Waals surface area (Å²) in [5.41, 5.74) is 2.02. The number of carbonyl (C=O) groups is 1. The van der Waals surface area contributed by atoms with Crippen LogP contribution in [0.1, 0.15) is 35.2 Å². The summed E-state index contributed by atoms with van der Waals surface area (Å²) in [7, 11) is 0. The fourth-order valence-corrected chi connectivity index (χ4v) is 3.02. The van der Waals surface area contributed by atoms with Gasteiger partial charge in [-0.05, 0) is 57.0 Å². The molecule has 22 heavy (non-hydrogen) atoms. The summed E-state index contributed by atoms with van der Waals surface area (Å²) in [6.45, 7) is 2.12. The second-order valence-corrected chi connectivity index (χ2v) is 6.89. The van der Waals surface area contributed by atoms with Crippen LogP contribution in [0, 0.1) is 3.57 Å². The topological polar surface area (TPSA) is 17.1 Å². The molecule has 0 spiro atoms. The molecular formula is C20H17IO. The van der Waals surface area contributed by atoms with Crippen molar-refractivity contribution in [2.24, 2.45) is 0 Å². The van der Waals surface area contributed by atoms with Crippen LogP contribution in [0.3, 0.4) is 0 Å². The number of benzene rings is 3. The van der Waals surface area contributed by atoms with Gasteiger partial charge >= 0.3 is 0 Å². The highest BCUT2D eigenvalue weighted by atomic mass is 127. The third-order valence-corrected chi connectivity index (χ3v) is 4.72. The monoisotopic (exact) mass is 400 g/mol. The Labute approximate surface area is 144 Å². The fraction of sp³-hybridized carbons (Fsp3) is 0.150. The maximum atomic E-state index is 12.4. The second-order valence-electron chi connectivity index (χ2n) is 5.64. The van der Waals surface area contributed by atoms with Gasteiger partial charge in [0.1, 0.15) is 0 Å². The minimum absolute atomic E-state index is 0.206. The Kier molecular flexibility index (Phi) is 4.57. The molecule has 0 fully saturated rings. The second kappa shape index (κ2) is 6.61. The first-order chi connectivity index (χ1) is 10.6. The molecule has 1 atom stereocenters. The van der Waals surface area contributed by atoms with E-state index in [2.05, 4.69) is 59.8 Å². The average Bonchev–Trinajstić information content (AvgIpc) is 2.55. The average molecular weight is 400 g/mol. The first-order valence-corrected chi connectivity index (χ1v) is 8.49. The number of fused-ring (bicyclic) bond motifs is 1. The van der Waals surface area contributed by atoms with Crippen LogP contribution in [-0.4, -0.2) is 5.78 Å². The van der Waals surface area contributed by atoms with Gasteiger partial charge in [-0.15, -0.1) is 0 Å². The molecule has 0 bridgehead atoms. The van der Waals surface area contributed by atoms with Gasteiger partial charge in [0.2, 0.25) is 0 Å².